The van der Waals surface area contributed by atoms with Crippen LogP contribution in [0.1, 0.15) is 66.3 Å². The number of nitrogens with zero attached hydrogens (tertiary/aromatic N) is 3. The van der Waals surface area contributed by atoms with Crippen LogP contribution in [-0.4, -0.2) is 38.5 Å². The summed E-state index contributed by atoms with van der Waals surface area (Å²) in [5.41, 5.74) is 1.49. The Labute approximate surface area is 229 Å². The van der Waals surface area contributed by atoms with E-state index in [0.29, 0.717) is 33.8 Å². The van der Waals surface area contributed by atoms with E-state index in [1.54, 1.807) is 18.2 Å². The highest BCUT2D eigenvalue weighted by Gasteiger charge is 2.28. The van der Waals surface area contributed by atoms with E-state index in [0.717, 1.165) is 36.1 Å². The molecule has 3 aromatic rings. The van der Waals surface area contributed by atoms with Crippen LogP contribution in [0, 0.1) is 5.82 Å². The summed E-state index contributed by atoms with van der Waals surface area (Å²) in [6.45, 7) is 9.68. The molecule has 0 radical (unpaired) electrons. The van der Waals surface area contributed by atoms with E-state index in [4.69, 9.17) is 9.47 Å². The van der Waals surface area contributed by atoms with Gasteiger partial charge >= 0.3 is 5.97 Å². The molecule has 0 aliphatic heterocycles. The number of amides is 1. The number of nitrogens with one attached hydrogen (secondary N) is 1. The number of ether oxygens (including phenoxy) is 2. The second kappa shape index (κ2) is 12.6. The minimum Gasteiger partial charge on any atom is -0.483 e. The van der Waals surface area contributed by atoms with Gasteiger partial charge in [0.15, 0.2) is 17.1 Å². The Morgan fingerprint density at radius 1 is 1.21 bits per heavy atom. The molecule has 11 heteroatoms. The van der Waals surface area contributed by atoms with Crippen LogP contribution < -0.4 is 10.1 Å². The lowest BCUT2D eigenvalue weighted by Gasteiger charge is -2.15. The van der Waals surface area contributed by atoms with Gasteiger partial charge < -0.3 is 14.8 Å². The van der Waals surface area contributed by atoms with Gasteiger partial charge in [-0.15, -0.1) is 28.1 Å². The maximum Gasteiger partial charge on any atom is 0.341 e. The highest BCUT2D eigenvalue weighted by molar-refractivity contribution is 7.99. The van der Waals surface area contributed by atoms with E-state index in [-0.39, 0.29) is 23.6 Å². The largest absolute Gasteiger partial charge is 0.483 e. The average molecular weight is 559 g/mol. The Kier molecular flexibility index (Phi) is 9.22. The number of carbonyl (C=O) groups excluding carboxylic acids is 2. The maximum absolute atomic E-state index is 13.2. The minimum absolute atomic E-state index is 0.0731. The maximum atomic E-state index is 13.2. The number of halogens is 1. The first kappa shape index (κ1) is 27.8. The molecular formula is C27H31FN4O4S2. The SMILES string of the molecule is C=CCn1c(SCC(=O)Nc2sc3c(c2C(=O)OC(C)C)CCCC3)nnc1C(C)Oc1ccc(F)cc1. The van der Waals surface area contributed by atoms with Crippen LogP contribution in [0.4, 0.5) is 9.39 Å². The number of allylic oxidation sites excluding steroid dienone is 1. The van der Waals surface area contributed by atoms with Crippen molar-refractivity contribution in [2.75, 3.05) is 11.1 Å². The first-order chi connectivity index (χ1) is 18.3. The van der Waals surface area contributed by atoms with Crippen LogP contribution in [-0.2, 0) is 28.9 Å². The number of aryl methyl sites for hydroxylation is 1. The number of rotatable bonds is 11. The number of anilines is 1. The fourth-order valence-electron chi connectivity index (χ4n) is 4.21. The molecular weight excluding hydrogens is 527 g/mol. The molecule has 2 heterocycles. The molecule has 1 aliphatic carbocycles. The summed E-state index contributed by atoms with van der Waals surface area (Å²) >= 11 is 2.69. The molecule has 0 bridgehead atoms. The van der Waals surface area contributed by atoms with E-state index in [1.165, 1.54) is 35.2 Å². The van der Waals surface area contributed by atoms with Crippen LogP contribution >= 0.6 is 23.1 Å². The van der Waals surface area contributed by atoms with E-state index >= 15 is 0 Å². The monoisotopic (exact) mass is 558 g/mol. The molecule has 1 amide bonds. The van der Waals surface area contributed by atoms with E-state index in [9.17, 15) is 14.0 Å². The third-order valence-corrected chi connectivity index (χ3v) is 8.02. The number of hydrogen-bond acceptors (Lipinski definition) is 8. The molecule has 1 aliphatic rings. The van der Waals surface area contributed by atoms with Crippen molar-refractivity contribution >= 4 is 40.0 Å². The molecule has 1 aromatic carbocycles. The summed E-state index contributed by atoms with van der Waals surface area (Å²) in [4.78, 5) is 27.0. The van der Waals surface area contributed by atoms with Crippen molar-refractivity contribution in [3.05, 3.63) is 64.6 Å². The van der Waals surface area contributed by atoms with Crippen molar-refractivity contribution in [1.29, 1.82) is 0 Å². The highest BCUT2D eigenvalue weighted by Crippen LogP contribution is 2.39. The lowest BCUT2D eigenvalue weighted by molar-refractivity contribution is -0.113. The normalized spacial score (nSPS) is 13.6. The van der Waals surface area contributed by atoms with Crippen LogP contribution in [0.2, 0.25) is 0 Å². The Balaban J connectivity index is 1.46. The number of benzene rings is 1. The zero-order valence-electron chi connectivity index (χ0n) is 21.7. The number of hydrogen-bond donors (Lipinski definition) is 1. The van der Waals surface area contributed by atoms with Gasteiger partial charge in [0.25, 0.3) is 0 Å². The third kappa shape index (κ3) is 6.63. The van der Waals surface area contributed by atoms with Crippen molar-refractivity contribution in [3.8, 4) is 5.75 Å². The molecule has 8 nitrogen and oxygen atoms in total. The highest BCUT2D eigenvalue weighted by atomic mass is 32.2. The Bertz CT molecular complexity index is 1300. The molecule has 1 unspecified atom stereocenters. The minimum atomic E-state index is -0.469. The quantitative estimate of drug-likeness (QED) is 0.176. The van der Waals surface area contributed by atoms with Gasteiger partial charge in [0.05, 0.1) is 17.4 Å². The summed E-state index contributed by atoms with van der Waals surface area (Å²) in [5.74, 6) is 0.144. The summed E-state index contributed by atoms with van der Waals surface area (Å²) < 4.78 is 26.4. The van der Waals surface area contributed by atoms with Crippen LogP contribution in [0.3, 0.4) is 0 Å². The van der Waals surface area contributed by atoms with Crippen molar-refractivity contribution in [1.82, 2.24) is 14.8 Å². The topological polar surface area (TPSA) is 95.3 Å². The Morgan fingerprint density at radius 3 is 2.66 bits per heavy atom. The van der Waals surface area contributed by atoms with Gasteiger partial charge in [0.2, 0.25) is 5.91 Å². The molecule has 4 rings (SSSR count). The second-order valence-electron chi connectivity index (χ2n) is 9.16. The third-order valence-electron chi connectivity index (χ3n) is 5.85. The van der Waals surface area contributed by atoms with Gasteiger partial charge in [-0.3, -0.25) is 9.36 Å². The van der Waals surface area contributed by atoms with Crippen LogP contribution in [0.15, 0.2) is 42.1 Å². The number of thiophene rings is 1. The summed E-state index contributed by atoms with van der Waals surface area (Å²) in [7, 11) is 0. The first-order valence-electron chi connectivity index (χ1n) is 12.5. The number of fused-ring (bicyclic) bond motifs is 1. The molecule has 38 heavy (non-hydrogen) atoms. The molecule has 202 valence electrons. The molecule has 0 spiro atoms. The van der Waals surface area contributed by atoms with E-state index in [2.05, 4.69) is 22.1 Å². The lowest BCUT2D eigenvalue weighted by atomic mass is 9.95. The standard InChI is InChI=1S/C27H31FN4O4S2/c1-5-14-32-24(17(4)36-19-12-10-18(28)11-13-19)30-31-27(32)37-15-22(33)29-25-23(26(34)35-16(2)3)20-8-6-7-9-21(20)38-25/h5,10-13,16-17H,1,6-9,14-15H2,2-4H3,(H,29,33). The molecule has 1 N–H and O–H groups in total. The van der Waals surface area contributed by atoms with Gasteiger partial charge in [0, 0.05) is 11.4 Å². The summed E-state index contributed by atoms with van der Waals surface area (Å²) in [6, 6.07) is 5.75. The van der Waals surface area contributed by atoms with Crippen molar-refractivity contribution < 1.29 is 23.5 Å². The van der Waals surface area contributed by atoms with Crippen molar-refractivity contribution in [2.24, 2.45) is 0 Å². The van der Waals surface area contributed by atoms with E-state index in [1.807, 2.05) is 25.3 Å². The van der Waals surface area contributed by atoms with Crippen LogP contribution in [0.5, 0.6) is 5.75 Å². The number of esters is 1. The van der Waals surface area contributed by atoms with Gasteiger partial charge in [-0.25, -0.2) is 9.18 Å². The van der Waals surface area contributed by atoms with Crippen molar-refractivity contribution in [2.45, 2.75) is 70.4 Å². The average Bonchev–Trinajstić information content (AvgIpc) is 3.44. The van der Waals surface area contributed by atoms with Gasteiger partial charge in [-0.2, -0.15) is 0 Å². The fourth-order valence-corrected chi connectivity index (χ4v) is 6.26. The van der Waals surface area contributed by atoms with E-state index < -0.39 is 12.1 Å². The van der Waals surface area contributed by atoms with Gasteiger partial charge in [-0.05, 0) is 76.3 Å². The summed E-state index contributed by atoms with van der Waals surface area (Å²) in [5, 5.41) is 12.5. The Morgan fingerprint density at radius 2 is 1.95 bits per heavy atom. The van der Waals surface area contributed by atoms with Crippen molar-refractivity contribution in [3.63, 3.8) is 0 Å². The molecule has 0 fully saturated rings. The molecule has 2 aromatic heterocycles. The number of aromatic nitrogens is 3. The molecule has 0 saturated carbocycles. The Hall–Kier alpha value is -3.18. The molecule has 1 atom stereocenters. The lowest BCUT2D eigenvalue weighted by Crippen LogP contribution is -2.19. The van der Waals surface area contributed by atoms with Crippen LogP contribution in [0.25, 0.3) is 0 Å². The number of carbonyl (C=O) groups is 2. The van der Waals surface area contributed by atoms with Gasteiger partial charge in [-0.1, -0.05) is 17.8 Å². The smallest absolute Gasteiger partial charge is 0.341 e. The fraction of sp³-hybridized carbons (Fsp3) is 0.407. The zero-order chi connectivity index (χ0) is 27.2. The van der Waals surface area contributed by atoms with Gasteiger partial charge in [0.1, 0.15) is 16.6 Å². The predicted molar refractivity (Wildman–Crippen MR) is 147 cm³/mol. The summed E-state index contributed by atoms with van der Waals surface area (Å²) in [6.07, 6.45) is 4.79. The predicted octanol–water partition coefficient (Wildman–Crippen LogP) is 5.98. The number of thioether (sulfide) groups is 1. The second-order valence-corrected chi connectivity index (χ2v) is 11.2. The molecule has 0 saturated heterocycles. The zero-order valence-corrected chi connectivity index (χ0v) is 23.3. The first-order valence-corrected chi connectivity index (χ1v) is 14.3.